The van der Waals surface area contributed by atoms with Gasteiger partial charge in [0.1, 0.15) is 5.82 Å². The van der Waals surface area contributed by atoms with Gasteiger partial charge in [-0.3, -0.25) is 9.69 Å². The summed E-state index contributed by atoms with van der Waals surface area (Å²) in [5.74, 6) is 1.59. The van der Waals surface area contributed by atoms with E-state index in [4.69, 9.17) is 0 Å². The van der Waals surface area contributed by atoms with E-state index >= 15 is 0 Å². The number of rotatable bonds is 3. The number of imidazole rings is 1. The van der Waals surface area contributed by atoms with Crippen LogP contribution in [-0.2, 0) is 13.6 Å². The molecule has 0 saturated carbocycles. The summed E-state index contributed by atoms with van der Waals surface area (Å²) in [7, 11) is 1.88. The molecule has 1 fully saturated rings. The van der Waals surface area contributed by atoms with Crippen molar-refractivity contribution in [2.24, 2.45) is 7.05 Å². The number of hydrogen-bond acceptors (Lipinski definition) is 5. The Bertz CT molecular complexity index is 966. The van der Waals surface area contributed by atoms with Gasteiger partial charge < -0.3 is 9.47 Å². The van der Waals surface area contributed by atoms with Gasteiger partial charge in [-0.2, -0.15) is 5.10 Å². The molecule has 0 aliphatic carbocycles. The zero-order valence-electron chi connectivity index (χ0n) is 14.5. The lowest BCUT2D eigenvalue weighted by molar-refractivity contribution is 0.0995. The first-order chi connectivity index (χ1) is 12.7. The highest BCUT2D eigenvalue weighted by Crippen LogP contribution is 2.27. The number of carbonyl (C=O) groups is 1. The number of carbonyl (C=O) groups excluding carboxylic acids is 1. The van der Waals surface area contributed by atoms with Crippen LogP contribution < -0.4 is 9.80 Å². The molecule has 0 atom stereocenters. The molecule has 8 heteroatoms. The van der Waals surface area contributed by atoms with Crippen LogP contribution in [0, 0.1) is 0 Å². The third-order valence-corrected chi connectivity index (χ3v) is 4.97. The molecule has 3 aromatic heterocycles. The van der Waals surface area contributed by atoms with Crippen LogP contribution in [0.25, 0.3) is 5.69 Å². The van der Waals surface area contributed by atoms with Gasteiger partial charge in [0.15, 0.2) is 5.82 Å². The highest BCUT2D eigenvalue weighted by Gasteiger charge is 2.33. The van der Waals surface area contributed by atoms with Gasteiger partial charge in [0.05, 0.1) is 36.0 Å². The van der Waals surface area contributed by atoms with Crippen molar-refractivity contribution in [2.75, 3.05) is 22.9 Å². The first-order valence-corrected chi connectivity index (χ1v) is 8.79. The molecule has 0 spiro atoms. The zero-order chi connectivity index (χ0) is 17.7. The van der Waals surface area contributed by atoms with E-state index in [0.29, 0.717) is 17.9 Å². The van der Waals surface area contributed by atoms with Gasteiger partial charge in [-0.1, -0.05) is 0 Å². The van der Waals surface area contributed by atoms with Crippen LogP contribution in [0.5, 0.6) is 0 Å². The quantitative estimate of drug-likeness (QED) is 0.720. The molecule has 8 nitrogen and oxygen atoms in total. The minimum atomic E-state index is -0.0633. The Labute approximate surface area is 150 Å². The Morgan fingerprint density at radius 1 is 1.04 bits per heavy atom. The second kappa shape index (κ2) is 5.69. The number of aromatic nitrogens is 5. The molecule has 0 radical (unpaired) electrons. The van der Waals surface area contributed by atoms with Gasteiger partial charge in [0, 0.05) is 32.5 Å². The van der Waals surface area contributed by atoms with E-state index in [9.17, 15) is 4.79 Å². The van der Waals surface area contributed by atoms with Crippen molar-refractivity contribution in [3.8, 4) is 5.69 Å². The monoisotopic (exact) mass is 349 g/mol. The number of pyridine rings is 1. The molecule has 0 N–H and O–H groups in total. The van der Waals surface area contributed by atoms with E-state index in [1.54, 1.807) is 22.1 Å². The van der Waals surface area contributed by atoms with Crippen molar-refractivity contribution in [1.82, 2.24) is 24.3 Å². The van der Waals surface area contributed by atoms with Gasteiger partial charge in [-0.05, 0) is 25.0 Å². The molecule has 1 amide bonds. The summed E-state index contributed by atoms with van der Waals surface area (Å²) in [5, 5.41) is 4.59. The summed E-state index contributed by atoms with van der Waals surface area (Å²) in [6, 6.07) is 4.03. The van der Waals surface area contributed by atoms with Crippen LogP contribution in [-0.4, -0.2) is 43.3 Å². The first kappa shape index (κ1) is 15.1. The van der Waals surface area contributed by atoms with E-state index < -0.39 is 0 Å². The third kappa shape index (κ3) is 2.37. The molecule has 0 bridgehead atoms. The highest BCUT2D eigenvalue weighted by atomic mass is 16.2. The van der Waals surface area contributed by atoms with Crippen LogP contribution in [0.1, 0.15) is 28.9 Å². The van der Waals surface area contributed by atoms with Gasteiger partial charge >= 0.3 is 0 Å². The van der Waals surface area contributed by atoms with Crippen molar-refractivity contribution in [3.63, 3.8) is 0 Å². The molecule has 2 aliphatic heterocycles. The summed E-state index contributed by atoms with van der Waals surface area (Å²) in [5.41, 5.74) is 2.25. The van der Waals surface area contributed by atoms with Gasteiger partial charge in [-0.15, -0.1) is 0 Å². The molecule has 2 aliphatic rings. The van der Waals surface area contributed by atoms with Crippen molar-refractivity contribution < 1.29 is 4.79 Å². The Kier molecular flexibility index (Phi) is 3.31. The van der Waals surface area contributed by atoms with Crippen LogP contribution in [0.15, 0.2) is 37.1 Å². The first-order valence-electron chi connectivity index (χ1n) is 8.79. The molecule has 0 unspecified atom stereocenters. The SMILES string of the molecule is Cn1cnc(N2Cc3nn(-c4ccc(N5CCCC5)nc4)cc3C2=O)c1. The largest absolute Gasteiger partial charge is 0.357 e. The maximum absolute atomic E-state index is 12.7. The molecule has 5 rings (SSSR count). The van der Waals surface area contributed by atoms with Crippen molar-refractivity contribution in [2.45, 2.75) is 19.4 Å². The highest BCUT2D eigenvalue weighted by molar-refractivity contribution is 6.09. The Morgan fingerprint density at radius 2 is 1.88 bits per heavy atom. The van der Waals surface area contributed by atoms with E-state index in [1.807, 2.05) is 36.1 Å². The average Bonchev–Trinajstić information content (AvgIpc) is 3.41. The second-order valence-corrected chi connectivity index (χ2v) is 6.79. The topological polar surface area (TPSA) is 72.1 Å². The van der Waals surface area contributed by atoms with Crippen LogP contribution >= 0.6 is 0 Å². The molecule has 1 saturated heterocycles. The fraction of sp³-hybridized carbons (Fsp3) is 0.333. The molecule has 3 aromatic rings. The molecule has 5 heterocycles. The second-order valence-electron chi connectivity index (χ2n) is 6.79. The fourth-order valence-corrected chi connectivity index (χ4v) is 3.57. The summed E-state index contributed by atoms with van der Waals surface area (Å²) >= 11 is 0. The lowest BCUT2D eigenvalue weighted by Gasteiger charge is -2.16. The van der Waals surface area contributed by atoms with Gasteiger partial charge in [0.25, 0.3) is 5.91 Å². The van der Waals surface area contributed by atoms with E-state index in [2.05, 4.69) is 20.0 Å². The minimum absolute atomic E-state index is 0.0633. The number of nitrogens with zero attached hydrogens (tertiary/aromatic N) is 7. The number of amides is 1. The lowest BCUT2D eigenvalue weighted by Crippen LogP contribution is -2.24. The Balaban J connectivity index is 1.39. The van der Waals surface area contributed by atoms with Crippen LogP contribution in [0.3, 0.4) is 0 Å². The van der Waals surface area contributed by atoms with Crippen molar-refractivity contribution in [1.29, 1.82) is 0 Å². The van der Waals surface area contributed by atoms with Gasteiger partial charge in [0.2, 0.25) is 0 Å². The molecule has 132 valence electrons. The minimum Gasteiger partial charge on any atom is -0.357 e. The standard InChI is InChI=1S/C18H19N7O/c1-22-11-17(20-12-22)24-10-15-14(18(24)26)9-25(21-15)13-4-5-16(19-8-13)23-6-2-3-7-23/h4-5,8-9,11-12H,2-3,6-7,10H2,1H3. The predicted molar refractivity (Wildman–Crippen MR) is 96.5 cm³/mol. The smallest absolute Gasteiger partial charge is 0.263 e. The Hall–Kier alpha value is -3.16. The maximum atomic E-state index is 12.7. The summed E-state index contributed by atoms with van der Waals surface area (Å²) in [4.78, 5) is 25.4. The number of fused-ring (bicyclic) bond motifs is 1. The third-order valence-electron chi connectivity index (χ3n) is 4.97. The summed E-state index contributed by atoms with van der Waals surface area (Å²) < 4.78 is 3.56. The van der Waals surface area contributed by atoms with Crippen LogP contribution in [0.4, 0.5) is 11.6 Å². The summed E-state index contributed by atoms with van der Waals surface area (Å²) in [6.07, 6.45) is 9.57. The number of anilines is 2. The number of aryl methyl sites for hydroxylation is 1. The van der Waals surface area contributed by atoms with E-state index in [1.165, 1.54) is 12.8 Å². The van der Waals surface area contributed by atoms with Crippen LogP contribution in [0.2, 0.25) is 0 Å². The van der Waals surface area contributed by atoms with Crippen molar-refractivity contribution in [3.05, 3.63) is 48.3 Å². The molecule has 0 aromatic carbocycles. The molecule has 26 heavy (non-hydrogen) atoms. The van der Waals surface area contributed by atoms with Gasteiger partial charge in [-0.25, -0.2) is 14.6 Å². The molecular weight excluding hydrogens is 330 g/mol. The zero-order valence-corrected chi connectivity index (χ0v) is 14.5. The lowest BCUT2D eigenvalue weighted by atomic mass is 10.3. The van der Waals surface area contributed by atoms with Crippen molar-refractivity contribution >= 4 is 17.5 Å². The predicted octanol–water partition coefficient (Wildman–Crippen LogP) is 1.76. The fourth-order valence-electron chi connectivity index (χ4n) is 3.57. The normalized spacial score (nSPS) is 16.6. The summed E-state index contributed by atoms with van der Waals surface area (Å²) in [6.45, 7) is 2.58. The number of hydrogen-bond donors (Lipinski definition) is 0. The Morgan fingerprint density at radius 3 is 2.54 bits per heavy atom. The van der Waals surface area contributed by atoms with E-state index in [-0.39, 0.29) is 5.91 Å². The van der Waals surface area contributed by atoms with E-state index in [0.717, 1.165) is 30.3 Å². The average molecular weight is 349 g/mol. The molecular formula is C18H19N7O. The maximum Gasteiger partial charge on any atom is 0.263 e.